The van der Waals surface area contributed by atoms with Gasteiger partial charge < -0.3 is 0 Å². The van der Waals surface area contributed by atoms with Crippen LogP contribution in [0, 0.1) is 11.8 Å². The monoisotopic (exact) mass is 334 g/mol. The van der Waals surface area contributed by atoms with E-state index < -0.39 is 11.7 Å². The molecule has 1 aromatic carbocycles. The Bertz CT molecular complexity index is 489. The van der Waals surface area contributed by atoms with Crippen LogP contribution in [0.1, 0.15) is 36.9 Å². The maximum Gasteiger partial charge on any atom is 0.417 e. The fraction of sp³-hybridized carbons (Fsp3) is 0.385. The van der Waals surface area contributed by atoms with Crippen LogP contribution in [0.25, 0.3) is 0 Å². The molecule has 0 saturated carbocycles. The Hall–Kier alpha value is -1.03. The van der Waals surface area contributed by atoms with Gasteiger partial charge in [-0.1, -0.05) is 22.0 Å². The first-order valence-corrected chi connectivity index (χ1v) is 6.41. The lowest BCUT2D eigenvalue weighted by Gasteiger charge is -2.18. The summed E-state index contributed by atoms with van der Waals surface area (Å²) in [5.41, 5.74) is 2.32. The Morgan fingerprint density at radius 1 is 1.42 bits per heavy atom. The van der Waals surface area contributed by atoms with Gasteiger partial charge in [-0.2, -0.15) is 13.2 Å². The minimum Gasteiger partial charge on any atom is -0.271 e. The number of rotatable bonds is 4. The predicted molar refractivity (Wildman–Crippen MR) is 71.9 cm³/mol. The molecule has 19 heavy (non-hydrogen) atoms. The number of nitrogens with one attached hydrogen (secondary N) is 1. The standard InChI is InChI=1S/C13H14BrF3N2/c1-2-3-4-5-12(19-18)9-6-7-11(14)10(8-9)13(15,16)17/h6-8,12,19H,4-5,18H2,1H3. The highest BCUT2D eigenvalue weighted by molar-refractivity contribution is 9.10. The van der Waals surface area contributed by atoms with Gasteiger partial charge in [-0.3, -0.25) is 11.3 Å². The van der Waals surface area contributed by atoms with Crippen LogP contribution in [0.2, 0.25) is 0 Å². The van der Waals surface area contributed by atoms with Crippen LogP contribution < -0.4 is 11.3 Å². The smallest absolute Gasteiger partial charge is 0.271 e. The van der Waals surface area contributed by atoms with E-state index in [9.17, 15) is 13.2 Å². The van der Waals surface area contributed by atoms with Gasteiger partial charge in [0.15, 0.2) is 0 Å². The summed E-state index contributed by atoms with van der Waals surface area (Å²) >= 11 is 2.91. The lowest BCUT2D eigenvalue weighted by Crippen LogP contribution is -2.28. The van der Waals surface area contributed by atoms with Gasteiger partial charge in [-0.05, 0) is 31.0 Å². The van der Waals surface area contributed by atoms with Gasteiger partial charge in [0.2, 0.25) is 0 Å². The molecule has 2 nitrogen and oxygen atoms in total. The second-order valence-electron chi connectivity index (χ2n) is 3.92. The molecule has 0 aliphatic rings. The van der Waals surface area contributed by atoms with Crippen molar-refractivity contribution in [1.29, 1.82) is 0 Å². The number of benzene rings is 1. The summed E-state index contributed by atoms with van der Waals surface area (Å²) in [4.78, 5) is 0. The van der Waals surface area contributed by atoms with Gasteiger partial charge in [-0.25, -0.2) is 0 Å². The number of nitrogens with two attached hydrogens (primary N) is 1. The van der Waals surface area contributed by atoms with Crippen molar-refractivity contribution in [2.75, 3.05) is 0 Å². The van der Waals surface area contributed by atoms with E-state index >= 15 is 0 Å². The van der Waals surface area contributed by atoms with Crippen molar-refractivity contribution in [1.82, 2.24) is 5.43 Å². The molecule has 6 heteroatoms. The van der Waals surface area contributed by atoms with Gasteiger partial charge in [0, 0.05) is 16.9 Å². The molecule has 0 aromatic heterocycles. The van der Waals surface area contributed by atoms with Crippen LogP contribution in [0.3, 0.4) is 0 Å². The van der Waals surface area contributed by atoms with E-state index in [1.807, 2.05) is 0 Å². The average molecular weight is 335 g/mol. The molecule has 0 amide bonds. The maximum atomic E-state index is 12.8. The van der Waals surface area contributed by atoms with Gasteiger partial charge in [0.1, 0.15) is 0 Å². The van der Waals surface area contributed by atoms with Gasteiger partial charge in [0.25, 0.3) is 0 Å². The lowest BCUT2D eigenvalue weighted by atomic mass is 10.0. The Labute approximate surface area is 118 Å². The van der Waals surface area contributed by atoms with E-state index in [2.05, 4.69) is 33.2 Å². The van der Waals surface area contributed by atoms with E-state index in [-0.39, 0.29) is 10.5 Å². The van der Waals surface area contributed by atoms with Crippen molar-refractivity contribution in [3.63, 3.8) is 0 Å². The summed E-state index contributed by atoms with van der Waals surface area (Å²) < 4.78 is 38.4. The summed E-state index contributed by atoms with van der Waals surface area (Å²) in [6, 6.07) is 3.75. The fourth-order valence-electron chi connectivity index (χ4n) is 1.66. The molecule has 0 saturated heterocycles. The average Bonchev–Trinajstić information content (AvgIpc) is 2.34. The van der Waals surface area contributed by atoms with Gasteiger partial charge >= 0.3 is 6.18 Å². The molecular weight excluding hydrogens is 321 g/mol. The first-order valence-electron chi connectivity index (χ1n) is 5.62. The SMILES string of the molecule is CC#CCCC(NN)c1ccc(Br)c(C(F)(F)F)c1. The van der Waals surface area contributed by atoms with Crippen LogP contribution in [-0.4, -0.2) is 0 Å². The minimum absolute atomic E-state index is 0.0212. The summed E-state index contributed by atoms with van der Waals surface area (Å²) in [5.74, 6) is 11.0. The van der Waals surface area contributed by atoms with Gasteiger partial charge in [-0.15, -0.1) is 11.8 Å². The van der Waals surface area contributed by atoms with Crippen LogP contribution in [0.5, 0.6) is 0 Å². The number of alkyl halides is 3. The highest BCUT2D eigenvalue weighted by Gasteiger charge is 2.33. The molecule has 0 heterocycles. The summed E-state index contributed by atoms with van der Waals surface area (Å²) in [5, 5.41) is 0. The zero-order valence-electron chi connectivity index (χ0n) is 10.3. The van der Waals surface area contributed by atoms with Crippen molar-refractivity contribution in [3.05, 3.63) is 33.8 Å². The summed E-state index contributed by atoms with van der Waals surface area (Å²) in [6.07, 6.45) is -3.27. The number of halogens is 4. The Morgan fingerprint density at radius 2 is 2.11 bits per heavy atom. The molecule has 0 aliphatic carbocycles. The molecule has 0 spiro atoms. The van der Waals surface area contributed by atoms with E-state index in [1.54, 1.807) is 13.0 Å². The van der Waals surface area contributed by atoms with Crippen LogP contribution in [0.15, 0.2) is 22.7 Å². The van der Waals surface area contributed by atoms with E-state index in [0.29, 0.717) is 18.4 Å². The van der Waals surface area contributed by atoms with Crippen molar-refractivity contribution in [3.8, 4) is 11.8 Å². The van der Waals surface area contributed by atoms with Crippen molar-refractivity contribution >= 4 is 15.9 Å². The third kappa shape index (κ3) is 4.53. The highest BCUT2D eigenvalue weighted by atomic mass is 79.9. The molecule has 104 valence electrons. The second kappa shape index (κ2) is 6.94. The summed E-state index contributed by atoms with van der Waals surface area (Å²) in [6.45, 7) is 1.71. The molecule has 0 bridgehead atoms. The van der Waals surface area contributed by atoms with E-state index in [0.717, 1.165) is 6.07 Å². The number of hydrogen-bond donors (Lipinski definition) is 2. The second-order valence-corrected chi connectivity index (χ2v) is 4.78. The quantitative estimate of drug-likeness (QED) is 0.499. The van der Waals surface area contributed by atoms with Crippen LogP contribution >= 0.6 is 15.9 Å². The fourth-order valence-corrected chi connectivity index (χ4v) is 2.14. The van der Waals surface area contributed by atoms with Crippen molar-refractivity contribution in [2.45, 2.75) is 32.0 Å². The number of hydrazine groups is 1. The zero-order chi connectivity index (χ0) is 14.5. The first kappa shape index (κ1) is 16.0. The van der Waals surface area contributed by atoms with E-state index in [1.165, 1.54) is 6.07 Å². The molecule has 1 unspecified atom stereocenters. The lowest BCUT2D eigenvalue weighted by molar-refractivity contribution is -0.138. The zero-order valence-corrected chi connectivity index (χ0v) is 11.9. The van der Waals surface area contributed by atoms with E-state index in [4.69, 9.17) is 5.84 Å². The molecular formula is C13H14BrF3N2. The largest absolute Gasteiger partial charge is 0.417 e. The molecule has 3 N–H and O–H groups in total. The molecule has 1 rings (SSSR count). The third-order valence-electron chi connectivity index (χ3n) is 2.63. The summed E-state index contributed by atoms with van der Waals surface area (Å²) in [7, 11) is 0. The Balaban J connectivity index is 3.01. The topological polar surface area (TPSA) is 38.0 Å². The van der Waals surface area contributed by atoms with Gasteiger partial charge in [0.05, 0.1) is 5.56 Å². The molecule has 0 radical (unpaired) electrons. The molecule has 1 atom stereocenters. The van der Waals surface area contributed by atoms with Crippen molar-refractivity contribution in [2.24, 2.45) is 5.84 Å². The number of hydrogen-bond acceptors (Lipinski definition) is 2. The maximum absolute atomic E-state index is 12.8. The normalized spacial score (nSPS) is 12.7. The predicted octanol–water partition coefficient (Wildman–Crippen LogP) is 3.78. The van der Waals surface area contributed by atoms with Crippen LogP contribution in [0.4, 0.5) is 13.2 Å². The first-order chi connectivity index (χ1) is 8.90. The highest BCUT2D eigenvalue weighted by Crippen LogP contribution is 2.36. The minimum atomic E-state index is -4.39. The van der Waals surface area contributed by atoms with Crippen LogP contribution in [-0.2, 0) is 6.18 Å². The molecule has 1 aromatic rings. The Kier molecular flexibility index (Phi) is 5.85. The molecule has 0 fully saturated rings. The third-order valence-corrected chi connectivity index (χ3v) is 3.33. The van der Waals surface area contributed by atoms with Crippen molar-refractivity contribution < 1.29 is 13.2 Å². The Morgan fingerprint density at radius 3 is 2.63 bits per heavy atom. The molecule has 0 aliphatic heterocycles.